The molecule has 0 unspecified atom stereocenters. The molecule has 4 heterocycles. The van der Waals surface area contributed by atoms with Crippen molar-refractivity contribution in [2.45, 2.75) is 6.92 Å². The SMILES string of the molecule is Cc1cc(Nc2nc(/C=C/c3cccc(F)c3)nc(N3CCN(c4ccncc4)CC3)n2)n[nH]1. The molecule has 34 heavy (non-hydrogen) atoms. The summed E-state index contributed by atoms with van der Waals surface area (Å²) in [5.74, 6) is 1.78. The van der Waals surface area contributed by atoms with Crippen LogP contribution in [0.4, 0.5) is 27.8 Å². The lowest BCUT2D eigenvalue weighted by atomic mass is 10.2. The second-order valence-corrected chi connectivity index (χ2v) is 7.95. The van der Waals surface area contributed by atoms with E-state index in [2.05, 4.69) is 45.2 Å². The second kappa shape index (κ2) is 9.65. The Morgan fingerprint density at radius 2 is 1.74 bits per heavy atom. The van der Waals surface area contributed by atoms with E-state index in [1.807, 2.05) is 31.2 Å². The van der Waals surface area contributed by atoms with Gasteiger partial charge in [-0.05, 0) is 42.8 Å². The average molecular weight is 458 g/mol. The number of pyridine rings is 1. The van der Waals surface area contributed by atoms with E-state index < -0.39 is 0 Å². The quantitative estimate of drug-likeness (QED) is 0.453. The Labute approximate surface area is 196 Å². The van der Waals surface area contributed by atoms with Crippen LogP contribution in [0.2, 0.25) is 0 Å². The van der Waals surface area contributed by atoms with Gasteiger partial charge in [0.15, 0.2) is 11.6 Å². The van der Waals surface area contributed by atoms with Gasteiger partial charge in [-0.2, -0.15) is 20.1 Å². The largest absolute Gasteiger partial charge is 0.368 e. The first kappa shape index (κ1) is 21.5. The number of rotatable bonds is 6. The van der Waals surface area contributed by atoms with Crippen LogP contribution >= 0.6 is 0 Å². The van der Waals surface area contributed by atoms with Gasteiger partial charge in [0.2, 0.25) is 11.9 Å². The van der Waals surface area contributed by atoms with Crippen molar-refractivity contribution in [3.63, 3.8) is 0 Å². The fraction of sp³-hybridized carbons (Fsp3) is 0.208. The molecule has 2 N–H and O–H groups in total. The summed E-state index contributed by atoms with van der Waals surface area (Å²) in [7, 11) is 0. The van der Waals surface area contributed by atoms with Crippen molar-refractivity contribution in [1.82, 2.24) is 30.1 Å². The first-order valence-electron chi connectivity index (χ1n) is 11.0. The number of aromatic amines is 1. The first-order chi connectivity index (χ1) is 16.6. The lowest BCUT2D eigenvalue weighted by Crippen LogP contribution is -2.47. The molecule has 172 valence electrons. The smallest absolute Gasteiger partial charge is 0.233 e. The highest BCUT2D eigenvalue weighted by Crippen LogP contribution is 2.20. The molecule has 3 aromatic heterocycles. The molecule has 9 nitrogen and oxygen atoms in total. The Hall–Kier alpha value is -4.34. The number of benzene rings is 1. The summed E-state index contributed by atoms with van der Waals surface area (Å²) in [6.07, 6.45) is 7.15. The van der Waals surface area contributed by atoms with Gasteiger partial charge in [-0.15, -0.1) is 0 Å². The molecule has 1 fully saturated rings. The molecule has 0 radical (unpaired) electrons. The van der Waals surface area contributed by atoms with Crippen molar-refractivity contribution in [3.05, 3.63) is 77.8 Å². The number of halogens is 1. The van der Waals surface area contributed by atoms with E-state index in [9.17, 15) is 4.39 Å². The summed E-state index contributed by atoms with van der Waals surface area (Å²) in [5.41, 5.74) is 2.81. The van der Waals surface area contributed by atoms with Crippen molar-refractivity contribution < 1.29 is 4.39 Å². The minimum Gasteiger partial charge on any atom is -0.368 e. The third-order valence-corrected chi connectivity index (χ3v) is 5.45. The summed E-state index contributed by atoms with van der Waals surface area (Å²) in [4.78, 5) is 22.4. The van der Waals surface area contributed by atoms with Gasteiger partial charge in [-0.25, -0.2) is 4.39 Å². The highest BCUT2D eigenvalue weighted by molar-refractivity contribution is 5.67. The molecule has 1 aliphatic heterocycles. The van der Waals surface area contributed by atoms with Crippen LogP contribution in [0.1, 0.15) is 17.1 Å². The fourth-order valence-electron chi connectivity index (χ4n) is 3.75. The van der Waals surface area contributed by atoms with Crippen molar-refractivity contribution >= 4 is 35.6 Å². The number of aromatic nitrogens is 6. The first-order valence-corrected chi connectivity index (χ1v) is 11.0. The number of nitrogens with one attached hydrogen (secondary N) is 2. The monoisotopic (exact) mass is 457 g/mol. The lowest BCUT2D eigenvalue weighted by molar-refractivity contribution is 0.627. The van der Waals surface area contributed by atoms with E-state index >= 15 is 0 Å². The van der Waals surface area contributed by atoms with Crippen LogP contribution in [0.25, 0.3) is 12.2 Å². The molecule has 5 rings (SSSR count). The Bertz CT molecular complexity index is 1280. The number of piperazine rings is 1. The predicted molar refractivity (Wildman–Crippen MR) is 130 cm³/mol. The molecule has 0 aliphatic carbocycles. The van der Waals surface area contributed by atoms with Crippen molar-refractivity contribution in [2.75, 3.05) is 41.3 Å². The Morgan fingerprint density at radius 3 is 2.47 bits per heavy atom. The third-order valence-electron chi connectivity index (χ3n) is 5.45. The summed E-state index contributed by atoms with van der Waals surface area (Å²) < 4.78 is 13.6. The number of aryl methyl sites for hydroxylation is 1. The highest BCUT2D eigenvalue weighted by Gasteiger charge is 2.20. The maximum Gasteiger partial charge on any atom is 0.233 e. The molecular formula is C24H24FN9. The summed E-state index contributed by atoms with van der Waals surface area (Å²) >= 11 is 0. The van der Waals surface area contributed by atoms with Gasteiger partial charge in [-0.1, -0.05) is 18.2 Å². The zero-order chi connectivity index (χ0) is 23.3. The van der Waals surface area contributed by atoms with Gasteiger partial charge < -0.3 is 15.1 Å². The van der Waals surface area contributed by atoms with Gasteiger partial charge in [-0.3, -0.25) is 10.1 Å². The number of H-pyrrole nitrogens is 1. The Morgan fingerprint density at radius 1 is 0.941 bits per heavy atom. The van der Waals surface area contributed by atoms with Crippen LogP contribution in [0, 0.1) is 12.7 Å². The van der Waals surface area contributed by atoms with Crippen LogP contribution in [-0.2, 0) is 0 Å². The number of hydrogen-bond acceptors (Lipinski definition) is 8. The molecule has 0 bridgehead atoms. The molecule has 0 saturated carbocycles. The molecule has 0 atom stereocenters. The van der Waals surface area contributed by atoms with Gasteiger partial charge in [0, 0.05) is 56.0 Å². The van der Waals surface area contributed by atoms with Gasteiger partial charge in [0.25, 0.3) is 0 Å². The molecule has 1 aliphatic rings. The van der Waals surface area contributed by atoms with Crippen LogP contribution in [-0.4, -0.2) is 56.3 Å². The van der Waals surface area contributed by atoms with Crippen LogP contribution in [0.3, 0.4) is 0 Å². The van der Waals surface area contributed by atoms with E-state index in [-0.39, 0.29) is 5.82 Å². The molecule has 0 spiro atoms. The van der Waals surface area contributed by atoms with Gasteiger partial charge >= 0.3 is 0 Å². The van der Waals surface area contributed by atoms with Gasteiger partial charge in [0.1, 0.15) is 5.82 Å². The zero-order valence-corrected chi connectivity index (χ0v) is 18.7. The zero-order valence-electron chi connectivity index (χ0n) is 18.7. The van der Waals surface area contributed by atoms with Crippen molar-refractivity contribution in [1.29, 1.82) is 0 Å². The molecule has 1 aromatic carbocycles. The third kappa shape index (κ3) is 5.17. The lowest BCUT2D eigenvalue weighted by Gasteiger charge is -2.36. The maximum absolute atomic E-state index is 13.6. The van der Waals surface area contributed by atoms with Crippen LogP contribution in [0.15, 0.2) is 54.9 Å². The molecule has 1 saturated heterocycles. The normalized spacial score (nSPS) is 14.1. The minimum atomic E-state index is -0.290. The Kier molecular flexibility index (Phi) is 6.11. The summed E-state index contributed by atoms with van der Waals surface area (Å²) in [6, 6.07) is 12.3. The highest BCUT2D eigenvalue weighted by atomic mass is 19.1. The van der Waals surface area contributed by atoms with E-state index in [0.29, 0.717) is 23.5 Å². The summed E-state index contributed by atoms with van der Waals surface area (Å²) in [6.45, 7) is 5.13. The topological polar surface area (TPSA) is 98.8 Å². The maximum atomic E-state index is 13.6. The standard InChI is InChI=1S/C24H24FN9/c1-17-15-22(32-31-17)28-23-27-21(6-5-18-3-2-4-19(25)16-18)29-24(30-23)34-13-11-33(12-14-34)20-7-9-26-10-8-20/h2-10,15-16H,11-14H2,1H3,(H2,27,28,29,30,31,32)/b6-5+. The summed E-state index contributed by atoms with van der Waals surface area (Å²) in [5, 5.41) is 10.3. The van der Waals surface area contributed by atoms with E-state index in [4.69, 9.17) is 0 Å². The van der Waals surface area contributed by atoms with E-state index in [1.54, 1.807) is 30.6 Å². The van der Waals surface area contributed by atoms with Crippen molar-refractivity contribution in [2.24, 2.45) is 0 Å². The predicted octanol–water partition coefficient (Wildman–Crippen LogP) is 3.68. The molecule has 0 amide bonds. The molecule has 4 aromatic rings. The molecule has 10 heteroatoms. The molecular weight excluding hydrogens is 433 g/mol. The Balaban J connectivity index is 1.39. The van der Waals surface area contributed by atoms with Crippen LogP contribution in [0.5, 0.6) is 0 Å². The number of hydrogen-bond donors (Lipinski definition) is 2. The fourth-order valence-corrected chi connectivity index (χ4v) is 3.75. The van der Waals surface area contributed by atoms with E-state index in [1.165, 1.54) is 12.1 Å². The van der Waals surface area contributed by atoms with Crippen molar-refractivity contribution in [3.8, 4) is 0 Å². The number of anilines is 4. The van der Waals surface area contributed by atoms with E-state index in [0.717, 1.165) is 43.1 Å². The second-order valence-electron chi connectivity index (χ2n) is 7.95. The number of nitrogens with zero attached hydrogens (tertiary/aromatic N) is 7. The minimum absolute atomic E-state index is 0.290. The van der Waals surface area contributed by atoms with Gasteiger partial charge in [0.05, 0.1) is 0 Å². The average Bonchev–Trinajstić information content (AvgIpc) is 3.27. The van der Waals surface area contributed by atoms with Crippen LogP contribution < -0.4 is 15.1 Å².